The van der Waals surface area contributed by atoms with Crippen molar-refractivity contribution >= 4 is 20.0 Å². The van der Waals surface area contributed by atoms with Gasteiger partial charge in [0.1, 0.15) is 10.6 Å². The third-order valence-corrected chi connectivity index (χ3v) is 9.02. The fourth-order valence-electron chi connectivity index (χ4n) is 3.54. The van der Waals surface area contributed by atoms with Gasteiger partial charge >= 0.3 is 0 Å². The molecule has 10 heteroatoms. The van der Waals surface area contributed by atoms with Gasteiger partial charge in [-0.25, -0.2) is 8.42 Å². The Hall–Kier alpha value is -1.91. The third-order valence-electron chi connectivity index (χ3n) is 5.19. The molecular formula is C19H27N3O5S2. The number of sulfonamides is 1. The first-order valence-corrected chi connectivity index (χ1v) is 12.5. The van der Waals surface area contributed by atoms with Crippen molar-refractivity contribution in [1.29, 1.82) is 0 Å². The van der Waals surface area contributed by atoms with Crippen LogP contribution in [0.3, 0.4) is 0 Å². The summed E-state index contributed by atoms with van der Waals surface area (Å²) < 4.78 is 60.1. The molecule has 1 aliphatic rings. The van der Waals surface area contributed by atoms with Crippen molar-refractivity contribution in [3.8, 4) is 5.75 Å². The van der Waals surface area contributed by atoms with Gasteiger partial charge in [-0.1, -0.05) is 6.92 Å². The first kappa shape index (κ1) is 21.8. The van der Waals surface area contributed by atoms with Crippen LogP contribution in [0.1, 0.15) is 38.1 Å². The van der Waals surface area contributed by atoms with Crippen LogP contribution in [0.2, 0.25) is 0 Å². The highest BCUT2D eigenvalue weighted by atomic mass is 32.2. The molecule has 0 unspecified atom stereocenters. The normalized spacial score (nSPS) is 16.8. The minimum Gasteiger partial charge on any atom is -0.494 e. The molecule has 1 saturated heterocycles. The summed E-state index contributed by atoms with van der Waals surface area (Å²) in [4.78, 5) is -0.0103. The van der Waals surface area contributed by atoms with Crippen molar-refractivity contribution < 1.29 is 21.6 Å². The van der Waals surface area contributed by atoms with E-state index in [1.807, 2.05) is 6.92 Å². The summed E-state index contributed by atoms with van der Waals surface area (Å²) in [6.07, 6.45) is 1.58. The minimum atomic E-state index is -4.04. The van der Waals surface area contributed by atoms with E-state index in [1.54, 1.807) is 12.1 Å². The van der Waals surface area contributed by atoms with Gasteiger partial charge in [-0.05, 0) is 63.8 Å². The Morgan fingerprint density at radius 3 is 2.17 bits per heavy atom. The van der Waals surface area contributed by atoms with Crippen LogP contribution in [0.15, 0.2) is 34.1 Å². The van der Waals surface area contributed by atoms with Crippen molar-refractivity contribution in [2.24, 2.45) is 5.92 Å². The Labute approximate surface area is 172 Å². The molecule has 1 fully saturated rings. The van der Waals surface area contributed by atoms with Crippen molar-refractivity contribution in [2.75, 3.05) is 19.7 Å². The molecule has 1 aromatic heterocycles. The summed E-state index contributed by atoms with van der Waals surface area (Å²) in [7, 11) is -7.85. The highest BCUT2D eigenvalue weighted by Crippen LogP contribution is 2.29. The maximum atomic E-state index is 13.2. The van der Waals surface area contributed by atoms with Gasteiger partial charge in [-0.15, -0.1) is 0 Å². The number of rotatable bonds is 6. The number of ether oxygens (including phenoxy) is 1. The van der Waals surface area contributed by atoms with E-state index in [0.29, 0.717) is 31.4 Å². The number of hydrogen-bond donors (Lipinski definition) is 0. The zero-order valence-corrected chi connectivity index (χ0v) is 18.8. The lowest BCUT2D eigenvalue weighted by Gasteiger charge is -2.29. The Morgan fingerprint density at radius 2 is 1.62 bits per heavy atom. The van der Waals surface area contributed by atoms with Crippen molar-refractivity contribution in [3.05, 3.63) is 35.7 Å². The van der Waals surface area contributed by atoms with Crippen LogP contribution in [0.5, 0.6) is 5.75 Å². The second kappa shape index (κ2) is 8.08. The van der Waals surface area contributed by atoms with Gasteiger partial charge in [-0.2, -0.15) is 21.9 Å². The molecular weight excluding hydrogens is 414 g/mol. The maximum absolute atomic E-state index is 13.2. The van der Waals surface area contributed by atoms with E-state index in [-0.39, 0.29) is 21.2 Å². The average molecular weight is 442 g/mol. The molecule has 0 N–H and O–H groups in total. The molecule has 1 aliphatic heterocycles. The molecule has 0 radical (unpaired) electrons. The van der Waals surface area contributed by atoms with E-state index >= 15 is 0 Å². The molecule has 2 aromatic rings. The van der Waals surface area contributed by atoms with E-state index in [2.05, 4.69) is 12.0 Å². The van der Waals surface area contributed by atoms with Gasteiger partial charge in [0.25, 0.3) is 10.0 Å². The van der Waals surface area contributed by atoms with Gasteiger partial charge < -0.3 is 4.74 Å². The number of benzene rings is 1. The summed E-state index contributed by atoms with van der Waals surface area (Å²) in [5.41, 5.74) is 0.269. The lowest BCUT2D eigenvalue weighted by atomic mass is 10.0. The van der Waals surface area contributed by atoms with E-state index in [0.717, 1.165) is 16.9 Å². The zero-order valence-electron chi connectivity index (χ0n) is 17.1. The zero-order chi connectivity index (χ0) is 21.4. The van der Waals surface area contributed by atoms with Crippen LogP contribution >= 0.6 is 0 Å². The lowest BCUT2D eigenvalue weighted by molar-refractivity contribution is 0.288. The fourth-order valence-corrected chi connectivity index (χ4v) is 6.78. The molecule has 1 aromatic carbocycles. The summed E-state index contributed by atoms with van der Waals surface area (Å²) >= 11 is 0. The molecule has 0 aliphatic carbocycles. The Bertz CT molecular complexity index is 1080. The molecule has 0 bridgehead atoms. The second-order valence-corrected chi connectivity index (χ2v) is 11.0. The topological polar surface area (TPSA) is 98.6 Å². The summed E-state index contributed by atoms with van der Waals surface area (Å²) in [6, 6.07) is 5.98. The molecule has 2 heterocycles. The predicted molar refractivity (Wildman–Crippen MR) is 109 cm³/mol. The molecule has 3 rings (SSSR count). The standard InChI is InChI=1S/C19H27N3O5S2/c1-5-27-17-6-8-18(9-7-17)28(23,24)22-16(4)19(15(3)20-22)29(25,26)21-12-10-14(2)11-13-21/h6-9,14H,5,10-13H2,1-4H3. The number of piperidine rings is 1. The first-order chi connectivity index (χ1) is 13.6. The SMILES string of the molecule is CCOc1ccc(S(=O)(=O)n2nc(C)c(S(=O)(=O)N3CCC(C)CC3)c2C)cc1. The molecule has 0 atom stereocenters. The van der Waals surface area contributed by atoms with Gasteiger partial charge in [0, 0.05) is 13.1 Å². The molecule has 0 amide bonds. The highest BCUT2D eigenvalue weighted by molar-refractivity contribution is 7.90. The largest absolute Gasteiger partial charge is 0.494 e. The number of aromatic nitrogens is 2. The van der Waals surface area contributed by atoms with Gasteiger partial charge in [0.05, 0.1) is 22.9 Å². The van der Waals surface area contributed by atoms with Crippen LogP contribution in [-0.4, -0.2) is 50.0 Å². The van der Waals surface area contributed by atoms with E-state index < -0.39 is 20.0 Å². The number of aryl methyl sites for hydroxylation is 1. The smallest absolute Gasteiger partial charge is 0.283 e. The molecule has 0 spiro atoms. The third kappa shape index (κ3) is 4.06. The van der Waals surface area contributed by atoms with Gasteiger partial charge in [-0.3, -0.25) is 0 Å². The highest BCUT2D eigenvalue weighted by Gasteiger charge is 2.35. The quantitative estimate of drug-likeness (QED) is 0.683. The monoisotopic (exact) mass is 441 g/mol. The average Bonchev–Trinajstić information content (AvgIpc) is 2.98. The molecule has 160 valence electrons. The predicted octanol–water partition coefficient (Wildman–Crippen LogP) is 2.56. The van der Waals surface area contributed by atoms with E-state index in [9.17, 15) is 16.8 Å². The van der Waals surface area contributed by atoms with Crippen LogP contribution in [0.4, 0.5) is 0 Å². The van der Waals surface area contributed by atoms with Crippen LogP contribution in [0.25, 0.3) is 0 Å². The van der Waals surface area contributed by atoms with Crippen molar-refractivity contribution in [1.82, 2.24) is 13.5 Å². The van der Waals surface area contributed by atoms with Crippen LogP contribution < -0.4 is 4.74 Å². The van der Waals surface area contributed by atoms with Gasteiger partial charge in [0.2, 0.25) is 10.0 Å². The number of hydrogen-bond acceptors (Lipinski definition) is 6. The summed E-state index contributed by atoms with van der Waals surface area (Å²) in [5.74, 6) is 1.04. The van der Waals surface area contributed by atoms with Crippen molar-refractivity contribution in [2.45, 2.75) is 50.3 Å². The van der Waals surface area contributed by atoms with Crippen LogP contribution in [0, 0.1) is 19.8 Å². The van der Waals surface area contributed by atoms with Crippen molar-refractivity contribution in [3.63, 3.8) is 0 Å². The van der Waals surface area contributed by atoms with Crippen LogP contribution in [-0.2, 0) is 20.0 Å². The molecule has 8 nitrogen and oxygen atoms in total. The Kier molecular flexibility index (Phi) is 6.07. The minimum absolute atomic E-state index is 0.0160. The maximum Gasteiger partial charge on any atom is 0.283 e. The Balaban J connectivity index is 2.00. The number of nitrogens with zero attached hydrogens (tertiary/aromatic N) is 3. The van der Waals surface area contributed by atoms with Gasteiger partial charge in [0.15, 0.2) is 0 Å². The van der Waals surface area contributed by atoms with E-state index in [1.165, 1.54) is 30.3 Å². The Morgan fingerprint density at radius 1 is 1.03 bits per heavy atom. The lowest BCUT2D eigenvalue weighted by Crippen LogP contribution is -2.38. The summed E-state index contributed by atoms with van der Waals surface area (Å²) in [6.45, 7) is 8.27. The first-order valence-electron chi connectivity index (χ1n) is 9.63. The van der Waals surface area contributed by atoms with E-state index in [4.69, 9.17) is 4.74 Å². The fraction of sp³-hybridized carbons (Fsp3) is 0.526. The molecule has 0 saturated carbocycles. The second-order valence-electron chi connectivity index (χ2n) is 7.34. The molecule has 29 heavy (non-hydrogen) atoms. The summed E-state index contributed by atoms with van der Waals surface area (Å²) in [5, 5.41) is 4.08.